The first-order valence-electron chi connectivity index (χ1n) is 7.74. The van der Waals surface area contributed by atoms with Gasteiger partial charge in [0.1, 0.15) is 5.82 Å². The third-order valence-electron chi connectivity index (χ3n) is 4.25. The van der Waals surface area contributed by atoms with Crippen LogP contribution in [0.5, 0.6) is 0 Å². The molecule has 1 heterocycles. The molecular weight excluding hydrogens is 268 g/mol. The number of aliphatic hydroxyl groups is 1. The van der Waals surface area contributed by atoms with E-state index in [1.807, 2.05) is 20.0 Å². The maximum absolute atomic E-state index is 12.2. The molecule has 118 valence electrons. The molecule has 1 aliphatic carbocycles. The third kappa shape index (κ3) is 3.97. The fraction of sp³-hybridized carbons (Fsp3) is 0.733. The van der Waals surface area contributed by atoms with E-state index in [1.165, 1.54) is 0 Å². The molecule has 6 heteroatoms. The van der Waals surface area contributed by atoms with E-state index in [1.54, 1.807) is 16.6 Å². The maximum atomic E-state index is 12.2. The van der Waals surface area contributed by atoms with E-state index in [9.17, 15) is 9.90 Å². The van der Waals surface area contributed by atoms with Gasteiger partial charge in [0.15, 0.2) is 0 Å². The second kappa shape index (κ2) is 6.93. The van der Waals surface area contributed by atoms with Crippen molar-refractivity contribution >= 4 is 11.8 Å². The minimum atomic E-state index is -0.280. The highest BCUT2D eigenvalue weighted by Gasteiger charge is 2.25. The number of aryl methyl sites for hydroxylation is 2. The number of amides is 2. The lowest BCUT2D eigenvalue weighted by Gasteiger charge is -2.31. The number of carbonyl (C=O) groups excluding carboxylic acids is 1. The van der Waals surface area contributed by atoms with Crippen molar-refractivity contribution in [1.29, 1.82) is 0 Å². The number of carbonyl (C=O) groups is 1. The average molecular weight is 294 g/mol. The van der Waals surface area contributed by atoms with Crippen LogP contribution in [0.2, 0.25) is 0 Å². The van der Waals surface area contributed by atoms with Gasteiger partial charge in [0.25, 0.3) is 0 Å². The monoisotopic (exact) mass is 294 g/mol. The first-order chi connectivity index (χ1) is 10.0. The summed E-state index contributed by atoms with van der Waals surface area (Å²) in [5, 5.41) is 17.2. The van der Waals surface area contributed by atoms with Crippen LogP contribution in [0.15, 0.2) is 6.07 Å². The third-order valence-corrected chi connectivity index (χ3v) is 4.25. The van der Waals surface area contributed by atoms with Gasteiger partial charge in [0.2, 0.25) is 0 Å². The molecule has 2 atom stereocenters. The van der Waals surface area contributed by atoms with E-state index in [-0.39, 0.29) is 18.1 Å². The Kier molecular flexibility index (Phi) is 5.22. The zero-order chi connectivity index (χ0) is 15.4. The van der Waals surface area contributed by atoms with Crippen LogP contribution in [0.1, 0.15) is 38.3 Å². The molecule has 1 aromatic heterocycles. The maximum Gasteiger partial charge on any atom is 0.322 e. The molecule has 6 nitrogen and oxygen atoms in total. The molecular formula is C15H26N4O2. The lowest BCUT2D eigenvalue weighted by atomic mass is 9.86. The number of hydrogen-bond acceptors (Lipinski definition) is 3. The Labute approximate surface area is 126 Å². The summed E-state index contributed by atoms with van der Waals surface area (Å²) in [7, 11) is 3.59. The zero-order valence-corrected chi connectivity index (χ0v) is 13.2. The summed E-state index contributed by atoms with van der Waals surface area (Å²) in [6.07, 6.45) is 4.62. The van der Waals surface area contributed by atoms with Crippen molar-refractivity contribution in [1.82, 2.24) is 14.7 Å². The molecule has 1 aliphatic rings. The van der Waals surface area contributed by atoms with Gasteiger partial charge >= 0.3 is 6.03 Å². The molecule has 1 saturated carbocycles. The zero-order valence-electron chi connectivity index (χ0n) is 13.2. The van der Waals surface area contributed by atoms with E-state index in [0.29, 0.717) is 12.4 Å². The van der Waals surface area contributed by atoms with E-state index in [2.05, 4.69) is 10.4 Å². The first-order valence-corrected chi connectivity index (χ1v) is 7.74. The van der Waals surface area contributed by atoms with Gasteiger partial charge in [-0.15, -0.1) is 0 Å². The predicted molar refractivity (Wildman–Crippen MR) is 82.2 cm³/mol. The molecule has 2 unspecified atom stereocenters. The van der Waals surface area contributed by atoms with Crippen LogP contribution in [0.3, 0.4) is 0 Å². The Bertz CT molecular complexity index is 486. The molecule has 0 radical (unpaired) electrons. The summed E-state index contributed by atoms with van der Waals surface area (Å²) in [5.74, 6) is 0.889. The molecule has 0 aromatic carbocycles. The van der Waals surface area contributed by atoms with Gasteiger partial charge in [0.05, 0.1) is 11.8 Å². The van der Waals surface area contributed by atoms with Crippen molar-refractivity contribution in [2.24, 2.45) is 13.0 Å². The second-order valence-corrected chi connectivity index (χ2v) is 5.92. The molecule has 0 spiro atoms. The summed E-state index contributed by atoms with van der Waals surface area (Å²) < 4.78 is 1.68. The Morgan fingerprint density at radius 2 is 2.24 bits per heavy atom. The normalized spacial score (nSPS) is 22.1. The van der Waals surface area contributed by atoms with Gasteiger partial charge in [-0.2, -0.15) is 5.10 Å². The lowest BCUT2D eigenvalue weighted by molar-refractivity contribution is 0.0575. The van der Waals surface area contributed by atoms with Gasteiger partial charge in [0, 0.05) is 32.6 Å². The molecule has 1 fully saturated rings. The Morgan fingerprint density at radius 3 is 2.86 bits per heavy atom. The van der Waals surface area contributed by atoms with Crippen LogP contribution in [0.25, 0.3) is 0 Å². The van der Waals surface area contributed by atoms with Gasteiger partial charge < -0.3 is 10.0 Å². The number of aromatic nitrogens is 2. The number of rotatable bonds is 4. The molecule has 0 bridgehead atoms. The summed E-state index contributed by atoms with van der Waals surface area (Å²) in [6, 6.07) is 1.74. The van der Waals surface area contributed by atoms with Gasteiger partial charge in [-0.05, 0) is 19.3 Å². The summed E-state index contributed by atoms with van der Waals surface area (Å²) in [4.78, 5) is 13.9. The van der Waals surface area contributed by atoms with Crippen molar-refractivity contribution in [2.45, 2.75) is 45.1 Å². The first kappa shape index (κ1) is 15.8. The smallest absolute Gasteiger partial charge is 0.322 e. The molecule has 21 heavy (non-hydrogen) atoms. The van der Waals surface area contributed by atoms with E-state index >= 15 is 0 Å². The molecule has 0 aliphatic heterocycles. The van der Waals surface area contributed by atoms with Gasteiger partial charge in [-0.3, -0.25) is 10.00 Å². The highest BCUT2D eigenvalue weighted by Crippen LogP contribution is 2.25. The minimum absolute atomic E-state index is 0.154. The highest BCUT2D eigenvalue weighted by atomic mass is 16.3. The van der Waals surface area contributed by atoms with E-state index < -0.39 is 0 Å². The largest absolute Gasteiger partial charge is 0.393 e. The molecule has 1 aromatic rings. The molecule has 2 amide bonds. The van der Waals surface area contributed by atoms with Crippen LogP contribution >= 0.6 is 0 Å². The number of nitrogens with one attached hydrogen (secondary N) is 1. The number of hydrogen-bond donors (Lipinski definition) is 2. The fourth-order valence-electron chi connectivity index (χ4n) is 2.86. The minimum Gasteiger partial charge on any atom is -0.393 e. The fourth-order valence-corrected chi connectivity index (χ4v) is 2.86. The Balaban J connectivity index is 1.91. The van der Waals surface area contributed by atoms with Gasteiger partial charge in [-0.1, -0.05) is 19.8 Å². The van der Waals surface area contributed by atoms with Crippen molar-refractivity contribution in [3.63, 3.8) is 0 Å². The Hall–Kier alpha value is -1.56. The van der Waals surface area contributed by atoms with Crippen LogP contribution in [0, 0.1) is 5.92 Å². The standard InChI is InChI=1S/C15H26N4O2/c1-4-12-9-14(19(3)17-12)16-15(21)18(2)10-11-7-5-6-8-13(11)20/h9,11,13,20H,4-8,10H2,1-3H3,(H,16,21). The summed E-state index contributed by atoms with van der Waals surface area (Å²) in [5.41, 5.74) is 0.957. The quantitative estimate of drug-likeness (QED) is 0.892. The average Bonchev–Trinajstić information content (AvgIpc) is 2.82. The number of urea groups is 1. The molecule has 2 N–H and O–H groups in total. The van der Waals surface area contributed by atoms with Crippen LogP contribution in [-0.4, -0.2) is 45.5 Å². The second-order valence-electron chi connectivity index (χ2n) is 5.92. The van der Waals surface area contributed by atoms with Crippen LogP contribution < -0.4 is 5.32 Å². The van der Waals surface area contributed by atoms with Crippen LogP contribution in [0.4, 0.5) is 10.6 Å². The summed E-state index contributed by atoms with van der Waals surface area (Å²) >= 11 is 0. The predicted octanol–water partition coefficient (Wildman–Crippen LogP) is 2.00. The van der Waals surface area contributed by atoms with E-state index in [0.717, 1.165) is 37.8 Å². The number of nitrogens with zero attached hydrogens (tertiary/aromatic N) is 3. The van der Waals surface area contributed by atoms with E-state index in [4.69, 9.17) is 0 Å². The van der Waals surface area contributed by atoms with Crippen molar-refractivity contribution in [2.75, 3.05) is 18.9 Å². The van der Waals surface area contributed by atoms with Crippen molar-refractivity contribution < 1.29 is 9.90 Å². The molecule has 0 saturated heterocycles. The van der Waals surface area contributed by atoms with Gasteiger partial charge in [-0.25, -0.2) is 4.79 Å². The SMILES string of the molecule is CCc1cc(NC(=O)N(C)CC2CCCCC2O)n(C)n1. The summed E-state index contributed by atoms with van der Waals surface area (Å²) in [6.45, 7) is 2.62. The number of anilines is 1. The van der Waals surface area contributed by atoms with Crippen LogP contribution in [-0.2, 0) is 13.5 Å². The molecule has 2 rings (SSSR count). The van der Waals surface area contributed by atoms with Crippen molar-refractivity contribution in [3.05, 3.63) is 11.8 Å². The topological polar surface area (TPSA) is 70.4 Å². The Morgan fingerprint density at radius 1 is 1.52 bits per heavy atom. The highest BCUT2D eigenvalue weighted by molar-refractivity contribution is 5.88. The van der Waals surface area contributed by atoms with Crippen molar-refractivity contribution in [3.8, 4) is 0 Å². The lowest BCUT2D eigenvalue weighted by Crippen LogP contribution is -2.40. The number of aliphatic hydroxyl groups excluding tert-OH is 1.